The summed E-state index contributed by atoms with van der Waals surface area (Å²) in [5.74, 6) is -1.88. The van der Waals surface area contributed by atoms with Crippen molar-refractivity contribution in [3.05, 3.63) is 46.7 Å². The lowest BCUT2D eigenvalue weighted by molar-refractivity contribution is 0.0947. The lowest BCUT2D eigenvalue weighted by Crippen LogP contribution is -2.24. The van der Waals surface area contributed by atoms with E-state index in [1.807, 2.05) is 0 Å². The first-order valence-corrected chi connectivity index (χ1v) is 5.84. The van der Waals surface area contributed by atoms with Crippen molar-refractivity contribution in [1.82, 2.24) is 10.3 Å². The van der Waals surface area contributed by atoms with Crippen LogP contribution in [-0.2, 0) is 6.54 Å². The van der Waals surface area contributed by atoms with E-state index in [9.17, 15) is 13.6 Å². The van der Waals surface area contributed by atoms with Crippen molar-refractivity contribution in [2.75, 3.05) is 5.73 Å². The van der Waals surface area contributed by atoms with Crippen molar-refractivity contribution in [1.29, 1.82) is 0 Å². The van der Waals surface area contributed by atoms with Crippen LogP contribution in [0.5, 0.6) is 0 Å². The summed E-state index contributed by atoms with van der Waals surface area (Å²) >= 11 is 0. The zero-order valence-electron chi connectivity index (χ0n) is 11.0. The number of nitrogens with one attached hydrogen (secondary N) is 1. The number of nitrogen functional groups attached to an aromatic ring is 1. The molecule has 106 valence electrons. The number of hydrogen-bond acceptors (Lipinski definition) is 4. The highest BCUT2D eigenvalue weighted by atomic mass is 19.2. The fourth-order valence-electron chi connectivity index (χ4n) is 1.62. The predicted molar refractivity (Wildman–Crippen MR) is 67.9 cm³/mol. The zero-order valence-corrected chi connectivity index (χ0v) is 11.0. The maximum Gasteiger partial charge on any atom is 0.253 e. The van der Waals surface area contributed by atoms with E-state index in [4.69, 9.17) is 10.2 Å². The average Bonchev–Trinajstić information content (AvgIpc) is 2.70. The van der Waals surface area contributed by atoms with Crippen LogP contribution >= 0.6 is 0 Å². The Bertz CT molecular complexity index is 648. The minimum Gasteiger partial charge on any atom is -0.444 e. The number of rotatable bonds is 3. The molecule has 3 N–H and O–H groups in total. The number of nitrogens with two attached hydrogens (primary N) is 1. The van der Waals surface area contributed by atoms with Crippen LogP contribution in [-0.4, -0.2) is 10.9 Å². The summed E-state index contributed by atoms with van der Waals surface area (Å²) in [6.45, 7) is 3.56. The van der Waals surface area contributed by atoms with Crippen molar-refractivity contribution < 1.29 is 18.0 Å². The third-order valence-electron chi connectivity index (χ3n) is 2.81. The molecule has 0 saturated carbocycles. The van der Waals surface area contributed by atoms with Crippen LogP contribution in [0.15, 0.2) is 16.5 Å². The molecule has 0 radical (unpaired) electrons. The van der Waals surface area contributed by atoms with Gasteiger partial charge in [0.25, 0.3) is 5.91 Å². The van der Waals surface area contributed by atoms with E-state index in [-0.39, 0.29) is 17.8 Å². The summed E-state index contributed by atoms with van der Waals surface area (Å²) in [7, 11) is 0. The van der Waals surface area contributed by atoms with E-state index < -0.39 is 17.5 Å². The molecule has 5 nitrogen and oxygen atoms in total. The van der Waals surface area contributed by atoms with Crippen LogP contribution in [0.1, 0.15) is 27.7 Å². The van der Waals surface area contributed by atoms with Gasteiger partial charge in [0.15, 0.2) is 11.6 Å². The highest BCUT2D eigenvalue weighted by molar-refractivity contribution is 5.99. The molecular weight excluding hydrogens is 268 g/mol. The quantitative estimate of drug-likeness (QED) is 0.844. The Morgan fingerprint density at radius 3 is 2.60 bits per heavy atom. The van der Waals surface area contributed by atoms with Crippen LogP contribution < -0.4 is 11.1 Å². The van der Waals surface area contributed by atoms with Gasteiger partial charge < -0.3 is 15.5 Å². The largest absolute Gasteiger partial charge is 0.444 e. The normalized spacial score (nSPS) is 10.6. The van der Waals surface area contributed by atoms with Crippen LogP contribution in [0, 0.1) is 25.5 Å². The van der Waals surface area contributed by atoms with Crippen molar-refractivity contribution in [2.24, 2.45) is 0 Å². The number of anilines is 1. The summed E-state index contributed by atoms with van der Waals surface area (Å²) in [6, 6.07) is 1.52. The Hall–Kier alpha value is -2.44. The van der Waals surface area contributed by atoms with Gasteiger partial charge in [0.2, 0.25) is 5.89 Å². The van der Waals surface area contributed by atoms with Gasteiger partial charge in [-0.3, -0.25) is 4.79 Å². The Balaban J connectivity index is 2.11. The number of carbonyl (C=O) groups is 1. The van der Waals surface area contributed by atoms with E-state index in [0.717, 1.165) is 17.8 Å². The van der Waals surface area contributed by atoms with Crippen LogP contribution in [0.25, 0.3) is 0 Å². The van der Waals surface area contributed by atoms with Crippen LogP contribution in [0.4, 0.5) is 14.5 Å². The topological polar surface area (TPSA) is 81.2 Å². The molecule has 0 fully saturated rings. The molecule has 0 atom stereocenters. The van der Waals surface area contributed by atoms with E-state index in [2.05, 4.69) is 10.3 Å². The number of benzene rings is 1. The molecule has 1 aromatic heterocycles. The number of oxazole rings is 1. The van der Waals surface area contributed by atoms with Gasteiger partial charge in [-0.15, -0.1) is 0 Å². The minimum atomic E-state index is -1.13. The number of hydrogen-bond donors (Lipinski definition) is 2. The summed E-state index contributed by atoms with van der Waals surface area (Å²) in [5, 5.41) is 2.48. The lowest BCUT2D eigenvalue weighted by atomic mass is 10.1. The molecule has 20 heavy (non-hydrogen) atoms. The van der Waals surface area contributed by atoms with E-state index in [0.29, 0.717) is 11.7 Å². The zero-order chi connectivity index (χ0) is 14.9. The highest BCUT2D eigenvalue weighted by Crippen LogP contribution is 2.17. The first-order chi connectivity index (χ1) is 9.38. The molecule has 7 heteroatoms. The van der Waals surface area contributed by atoms with Crippen molar-refractivity contribution in [2.45, 2.75) is 20.4 Å². The smallest absolute Gasteiger partial charge is 0.253 e. The molecule has 0 aliphatic rings. The lowest BCUT2D eigenvalue weighted by Gasteiger charge is -2.06. The van der Waals surface area contributed by atoms with Gasteiger partial charge in [-0.25, -0.2) is 13.8 Å². The maximum absolute atomic E-state index is 13.1. The number of nitrogens with zero attached hydrogens (tertiary/aromatic N) is 1. The first-order valence-electron chi connectivity index (χ1n) is 5.84. The number of amides is 1. The molecule has 0 aliphatic carbocycles. The van der Waals surface area contributed by atoms with E-state index >= 15 is 0 Å². The molecule has 0 bridgehead atoms. The second kappa shape index (κ2) is 5.28. The third-order valence-corrected chi connectivity index (χ3v) is 2.81. The Morgan fingerprint density at radius 1 is 1.35 bits per heavy atom. The van der Waals surface area contributed by atoms with Gasteiger partial charge in [0, 0.05) is 11.8 Å². The second-order valence-electron chi connectivity index (χ2n) is 4.29. The maximum atomic E-state index is 13.1. The molecule has 2 rings (SSSR count). The number of aromatic nitrogens is 1. The Kier molecular flexibility index (Phi) is 3.69. The standard InChI is InChI=1S/C13H13F2N3O2/c1-6-7(2)20-12(18-6)5-17-13(19)8-3-9(14)10(15)4-11(8)16/h3-4H,5,16H2,1-2H3,(H,17,19). The van der Waals surface area contributed by atoms with Crippen molar-refractivity contribution in [3.8, 4) is 0 Å². The number of aryl methyl sites for hydroxylation is 2. The van der Waals surface area contributed by atoms with Gasteiger partial charge in [-0.1, -0.05) is 0 Å². The van der Waals surface area contributed by atoms with Gasteiger partial charge in [-0.05, 0) is 19.9 Å². The Morgan fingerprint density at radius 2 is 2.00 bits per heavy atom. The molecule has 2 aromatic rings. The number of halogens is 2. The molecule has 0 aliphatic heterocycles. The first kappa shape index (κ1) is 14.0. The van der Waals surface area contributed by atoms with Crippen LogP contribution in [0.2, 0.25) is 0 Å². The van der Waals surface area contributed by atoms with Crippen molar-refractivity contribution in [3.63, 3.8) is 0 Å². The molecule has 1 aromatic carbocycles. The second-order valence-corrected chi connectivity index (χ2v) is 4.29. The van der Waals surface area contributed by atoms with Gasteiger partial charge >= 0.3 is 0 Å². The van der Waals surface area contributed by atoms with Gasteiger partial charge in [0.1, 0.15) is 5.76 Å². The Labute approximate surface area is 113 Å². The summed E-state index contributed by atoms with van der Waals surface area (Å²) in [4.78, 5) is 15.9. The molecule has 0 spiro atoms. The monoisotopic (exact) mass is 281 g/mol. The minimum absolute atomic E-state index is 0.0337. The molecular formula is C13H13F2N3O2. The third kappa shape index (κ3) is 2.76. The molecule has 0 saturated heterocycles. The fourth-order valence-corrected chi connectivity index (χ4v) is 1.62. The van der Waals surface area contributed by atoms with E-state index in [1.54, 1.807) is 13.8 Å². The highest BCUT2D eigenvalue weighted by Gasteiger charge is 2.15. The van der Waals surface area contributed by atoms with Gasteiger partial charge in [-0.2, -0.15) is 0 Å². The molecule has 0 unspecified atom stereocenters. The summed E-state index contributed by atoms with van der Waals surface area (Å²) in [6.07, 6.45) is 0. The summed E-state index contributed by atoms with van der Waals surface area (Å²) < 4.78 is 31.3. The van der Waals surface area contributed by atoms with Gasteiger partial charge in [0.05, 0.1) is 17.8 Å². The average molecular weight is 281 g/mol. The molecule has 1 heterocycles. The fraction of sp³-hybridized carbons (Fsp3) is 0.231. The summed E-state index contributed by atoms with van der Waals surface area (Å²) in [5.41, 5.74) is 5.93. The number of carbonyl (C=O) groups excluding carboxylic acids is 1. The predicted octanol–water partition coefficient (Wildman–Crippen LogP) is 2.08. The van der Waals surface area contributed by atoms with Crippen molar-refractivity contribution >= 4 is 11.6 Å². The van der Waals surface area contributed by atoms with Crippen LogP contribution in [0.3, 0.4) is 0 Å². The SMILES string of the molecule is Cc1nc(CNC(=O)c2cc(F)c(F)cc2N)oc1C. The van der Waals surface area contributed by atoms with E-state index in [1.165, 1.54) is 0 Å². The molecule has 1 amide bonds.